The van der Waals surface area contributed by atoms with Gasteiger partial charge in [-0.3, -0.25) is 4.79 Å². The molecule has 0 aliphatic rings. The third-order valence-electron chi connectivity index (χ3n) is 3.13. The first-order valence-electron chi connectivity index (χ1n) is 6.95. The van der Waals surface area contributed by atoms with Crippen LogP contribution < -0.4 is 10.1 Å². The number of anilines is 1. The highest BCUT2D eigenvalue weighted by molar-refractivity contribution is 5.98. The predicted molar refractivity (Wildman–Crippen MR) is 84.6 cm³/mol. The molecule has 0 aliphatic heterocycles. The lowest BCUT2D eigenvalue weighted by molar-refractivity contribution is -0.123. The molecule has 0 saturated carbocycles. The maximum atomic E-state index is 12.0. The van der Waals surface area contributed by atoms with Gasteiger partial charge in [-0.25, -0.2) is 4.79 Å². The number of hydrogen-bond donors (Lipinski definition) is 2. The Morgan fingerprint density at radius 2 is 1.74 bits per heavy atom. The zero-order chi connectivity index (χ0) is 16.8. The van der Waals surface area contributed by atoms with Crippen LogP contribution >= 0.6 is 0 Å². The topological polar surface area (TPSA) is 84.9 Å². The first-order valence-corrected chi connectivity index (χ1v) is 6.95. The average Bonchev–Trinajstić information content (AvgIpc) is 2.55. The molecule has 2 aromatic rings. The summed E-state index contributed by atoms with van der Waals surface area (Å²) >= 11 is 0. The Bertz CT molecular complexity index is 696. The number of methoxy groups -OCH3 is 1. The highest BCUT2D eigenvalue weighted by Gasteiger charge is 2.20. The number of phenols is 1. The molecule has 0 saturated heterocycles. The van der Waals surface area contributed by atoms with Crippen molar-refractivity contribution in [2.75, 3.05) is 12.4 Å². The molecule has 2 rings (SSSR count). The van der Waals surface area contributed by atoms with Crippen LogP contribution in [-0.4, -0.2) is 30.2 Å². The van der Waals surface area contributed by atoms with Crippen LogP contribution in [0.2, 0.25) is 0 Å². The summed E-state index contributed by atoms with van der Waals surface area (Å²) in [7, 11) is 1.55. The van der Waals surface area contributed by atoms with E-state index in [1.165, 1.54) is 19.1 Å². The van der Waals surface area contributed by atoms with Gasteiger partial charge in [-0.2, -0.15) is 0 Å². The highest BCUT2D eigenvalue weighted by Crippen LogP contribution is 2.18. The van der Waals surface area contributed by atoms with E-state index < -0.39 is 18.0 Å². The number of benzene rings is 2. The third kappa shape index (κ3) is 4.23. The van der Waals surface area contributed by atoms with Gasteiger partial charge in [-0.1, -0.05) is 12.1 Å². The van der Waals surface area contributed by atoms with E-state index in [9.17, 15) is 14.7 Å². The number of carbonyl (C=O) groups is 2. The summed E-state index contributed by atoms with van der Waals surface area (Å²) in [5, 5.41) is 12.2. The van der Waals surface area contributed by atoms with Crippen LogP contribution in [0.4, 0.5) is 5.69 Å². The number of ether oxygens (including phenoxy) is 2. The smallest absolute Gasteiger partial charge is 0.342 e. The molecule has 0 bridgehead atoms. The van der Waals surface area contributed by atoms with Gasteiger partial charge in [0.25, 0.3) is 5.91 Å². The highest BCUT2D eigenvalue weighted by atomic mass is 16.5. The standard InChI is InChI=1S/C17H17NO5/c1-11(23-17(21)14-5-3-4-6-15(14)19)16(20)18-12-7-9-13(22-2)10-8-12/h3-11,19H,1-2H3,(H,18,20)/t11-/m1/s1. The second-order valence-corrected chi connectivity index (χ2v) is 4.78. The minimum absolute atomic E-state index is 0.0107. The normalized spacial score (nSPS) is 11.4. The maximum Gasteiger partial charge on any atom is 0.342 e. The van der Waals surface area contributed by atoms with E-state index in [0.29, 0.717) is 11.4 Å². The molecule has 1 amide bonds. The molecule has 0 spiro atoms. The number of aromatic hydroxyl groups is 1. The predicted octanol–water partition coefficient (Wildman–Crippen LogP) is 2.58. The quantitative estimate of drug-likeness (QED) is 0.828. The van der Waals surface area contributed by atoms with Crippen LogP contribution in [0.3, 0.4) is 0 Å². The Morgan fingerprint density at radius 3 is 2.35 bits per heavy atom. The largest absolute Gasteiger partial charge is 0.507 e. The van der Waals surface area contributed by atoms with Gasteiger partial charge in [-0.05, 0) is 43.3 Å². The van der Waals surface area contributed by atoms with Crippen molar-refractivity contribution in [1.29, 1.82) is 0 Å². The molecule has 120 valence electrons. The summed E-state index contributed by atoms with van der Waals surface area (Å²) in [6.45, 7) is 1.46. The molecule has 6 heteroatoms. The summed E-state index contributed by atoms with van der Waals surface area (Å²) in [6.07, 6.45) is -1.01. The van der Waals surface area contributed by atoms with Crippen molar-refractivity contribution >= 4 is 17.6 Å². The molecule has 0 aromatic heterocycles. The lowest BCUT2D eigenvalue weighted by Gasteiger charge is -2.14. The van der Waals surface area contributed by atoms with E-state index in [0.717, 1.165) is 0 Å². The fraction of sp³-hybridized carbons (Fsp3) is 0.176. The van der Waals surface area contributed by atoms with E-state index in [1.54, 1.807) is 43.5 Å². The molecule has 0 radical (unpaired) electrons. The van der Waals surface area contributed by atoms with Crippen molar-refractivity contribution in [3.63, 3.8) is 0 Å². The SMILES string of the molecule is COc1ccc(NC(=O)[C@@H](C)OC(=O)c2ccccc2O)cc1. The lowest BCUT2D eigenvalue weighted by atomic mass is 10.2. The van der Waals surface area contributed by atoms with Gasteiger partial charge in [0.2, 0.25) is 0 Å². The Kier molecular flexibility index (Phi) is 5.19. The molecule has 2 N–H and O–H groups in total. The number of para-hydroxylation sites is 1. The summed E-state index contributed by atoms with van der Waals surface area (Å²) in [5.74, 6) is -0.762. The first-order chi connectivity index (χ1) is 11.0. The van der Waals surface area contributed by atoms with Crippen LogP contribution in [0.5, 0.6) is 11.5 Å². The molecule has 23 heavy (non-hydrogen) atoms. The van der Waals surface area contributed by atoms with E-state index in [-0.39, 0.29) is 11.3 Å². The van der Waals surface area contributed by atoms with Gasteiger partial charge in [-0.15, -0.1) is 0 Å². The van der Waals surface area contributed by atoms with Gasteiger partial charge in [0.15, 0.2) is 6.10 Å². The van der Waals surface area contributed by atoms with E-state index in [1.807, 2.05) is 0 Å². The van der Waals surface area contributed by atoms with E-state index in [2.05, 4.69) is 5.32 Å². The molecule has 0 unspecified atom stereocenters. The number of phenolic OH excluding ortho intramolecular Hbond substituents is 1. The average molecular weight is 315 g/mol. The Balaban J connectivity index is 1.96. The minimum atomic E-state index is -1.01. The van der Waals surface area contributed by atoms with Crippen LogP contribution in [-0.2, 0) is 9.53 Å². The zero-order valence-electron chi connectivity index (χ0n) is 12.8. The van der Waals surface area contributed by atoms with Crippen LogP contribution in [0.1, 0.15) is 17.3 Å². The van der Waals surface area contributed by atoms with Gasteiger partial charge in [0.05, 0.1) is 7.11 Å². The van der Waals surface area contributed by atoms with Crippen molar-refractivity contribution in [2.24, 2.45) is 0 Å². The number of nitrogens with one attached hydrogen (secondary N) is 1. The van der Waals surface area contributed by atoms with Gasteiger partial charge < -0.3 is 19.9 Å². The summed E-state index contributed by atoms with van der Waals surface area (Å²) in [6, 6.07) is 12.7. The van der Waals surface area contributed by atoms with E-state index in [4.69, 9.17) is 9.47 Å². The fourth-order valence-electron chi connectivity index (χ4n) is 1.84. The van der Waals surface area contributed by atoms with Gasteiger partial charge in [0.1, 0.15) is 17.1 Å². The summed E-state index contributed by atoms with van der Waals surface area (Å²) < 4.78 is 10.1. The Labute approximate surface area is 133 Å². The number of rotatable bonds is 5. The lowest BCUT2D eigenvalue weighted by Crippen LogP contribution is -2.30. The fourth-order valence-corrected chi connectivity index (χ4v) is 1.84. The van der Waals surface area contributed by atoms with Crippen LogP contribution in [0.15, 0.2) is 48.5 Å². The monoisotopic (exact) mass is 315 g/mol. The van der Waals surface area contributed by atoms with Crippen LogP contribution in [0.25, 0.3) is 0 Å². The van der Waals surface area contributed by atoms with Gasteiger partial charge >= 0.3 is 5.97 Å². The summed E-state index contributed by atoms with van der Waals surface area (Å²) in [4.78, 5) is 24.0. The number of carbonyl (C=O) groups excluding carboxylic acids is 2. The van der Waals surface area contributed by atoms with Crippen molar-refractivity contribution in [3.8, 4) is 11.5 Å². The molecule has 1 atom stereocenters. The molecular weight excluding hydrogens is 298 g/mol. The second kappa shape index (κ2) is 7.31. The van der Waals surface area contributed by atoms with Crippen molar-refractivity contribution in [2.45, 2.75) is 13.0 Å². The molecular formula is C17H17NO5. The molecule has 0 aliphatic carbocycles. The van der Waals surface area contributed by atoms with Crippen molar-refractivity contribution in [3.05, 3.63) is 54.1 Å². The molecule has 0 heterocycles. The molecule has 6 nitrogen and oxygen atoms in total. The Morgan fingerprint density at radius 1 is 1.09 bits per heavy atom. The van der Waals surface area contributed by atoms with Crippen molar-refractivity contribution < 1.29 is 24.2 Å². The number of hydrogen-bond acceptors (Lipinski definition) is 5. The van der Waals surface area contributed by atoms with Gasteiger partial charge in [0, 0.05) is 5.69 Å². The molecule has 2 aromatic carbocycles. The zero-order valence-corrected chi connectivity index (χ0v) is 12.8. The maximum absolute atomic E-state index is 12.0. The number of esters is 1. The van der Waals surface area contributed by atoms with Crippen LogP contribution in [0, 0.1) is 0 Å². The molecule has 0 fully saturated rings. The van der Waals surface area contributed by atoms with E-state index >= 15 is 0 Å². The Hall–Kier alpha value is -3.02. The summed E-state index contributed by atoms with van der Waals surface area (Å²) in [5.41, 5.74) is 0.567. The second-order valence-electron chi connectivity index (χ2n) is 4.78. The number of amides is 1. The van der Waals surface area contributed by atoms with Crippen molar-refractivity contribution in [1.82, 2.24) is 0 Å². The first kappa shape index (κ1) is 16.4. The minimum Gasteiger partial charge on any atom is -0.507 e. The third-order valence-corrected chi connectivity index (χ3v) is 3.13.